The van der Waals surface area contributed by atoms with Crippen LogP contribution in [0.2, 0.25) is 0 Å². The first-order valence-corrected chi connectivity index (χ1v) is 8.85. The molecule has 0 fully saturated rings. The molecule has 0 bridgehead atoms. The van der Waals surface area contributed by atoms with E-state index in [1.54, 1.807) is 6.08 Å². The minimum atomic E-state index is 0.510. The minimum absolute atomic E-state index is 0.510. The second kappa shape index (κ2) is 6.41. The van der Waals surface area contributed by atoms with Crippen LogP contribution in [-0.4, -0.2) is 0 Å². The number of rotatable bonds is 3. The average Bonchev–Trinajstić information content (AvgIpc) is 2.84. The van der Waals surface area contributed by atoms with E-state index in [1.165, 1.54) is 31.3 Å². The fourth-order valence-electron chi connectivity index (χ4n) is 2.53. The number of fused-ring (bicyclic) bond motifs is 3. The minimum Gasteiger partial charge on any atom is -0.135 e. The van der Waals surface area contributed by atoms with Crippen molar-refractivity contribution in [3.63, 3.8) is 0 Å². The first-order valence-electron chi connectivity index (χ1n) is 6.87. The van der Waals surface area contributed by atoms with Crippen molar-refractivity contribution in [2.24, 2.45) is 0 Å². The van der Waals surface area contributed by atoms with E-state index in [4.69, 9.17) is 11.6 Å². The molecule has 0 spiro atoms. The zero-order chi connectivity index (χ0) is 15.7. The highest BCUT2D eigenvalue weighted by atomic mass is 79.9. The van der Waals surface area contributed by atoms with Crippen LogP contribution in [0.1, 0.15) is 12.5 Å². The van der Waals surface area contributed by atoms with E-state index in [0.717, 1.165) is 4.48 Å². The monoisotopic (exact) mass is 388 g/mol. The fourth-order valence-corrected chi connectivity index (χ4v) is 4.68. The number of thiophene rings is 1. The third-order valence-electron chi connectivity index (χ3n) is 3.48. The van der Waals surface area contributed by atoms with Crippen LogP contribution in [0.25, 0.3) is 25.7 Å². The summed E-state index contributed by atoms with van der Waals surface area (Å²) in [6.45, 7) is 5.80. The summed E-state index contributed by atoms with van der Waals surface area (Å²) in [6.07, 6.45) is 3.88. The molecule has 3 heteroatoms. The third-order valence-corrected chi connectivity index (χ3v) is 5.26. The molecule has 3 aromatic rings. The molecule has 22 heavy (non-hydrogen) atoms. The first kappa shape index (κ1) is 15.5. The molecular formula is C19H14BrClS. The highest BCUT2D eigenvalue weighted by Crippen LogP contribution is 2.38. The van der Waals surface area contributed by atoms with E-state index in [9.17, 15) is 0 Å². The molecule has 0 aliphatic heterocycles. The fraction of sp³-hybridized carbons (Fsp3) is 0.0526. The van der Waals surface area contributed by atoms with Crippen molar-refractivity contribution in [2.75, 3.05) is 0 Å². The standard InChI is InChI=1S/C19H14BrClS/c1-12(10-14(20)11-13(2)21)15-7-5-8-17-16-6-3-4-9-18(16)22-19(15)17/h3-11H,2H2,1H3/b12-10+,14-11+. The normalized spacial score (nSPS) is 13.0. The van der Waals surface area contributed by atoms with Gasteiger partial charge >= 0.3 is 0 Å². The predicted octanol–water partition coefficient (Wildman–Crippen LogP) is 7.49. The van der Waals surface area contributed by atoms with Gasteiger partial charge in [-0.2, -0.15) is 0 Å². The van der Waals surface area contributed by atoms with Gasteiger partial charge in [0.25, 0.3) is 0 Å². The largest absolute Gasteiger partial charge is 0.135 e. The second-order valence-corrected chi connectivity index (χ2v) is 7.54. The van der Waals surface area contributed by atoms with Crippen molar-refractivity contribution in [3.8, 4) is 0 Å². The molecule has 0 nitrogen and oxygen atoms in total. The van der Waals surface area contributed by atoms with Crippen LogP contribution in [0.3, 0.4) is 0 Å². The van der Waals surface area contributed by atoms with Gasteiger partial charge in [-0.3, -0.25) is 0 Å². The van der Waals surface area contributed by atoms with E-state index in [1.807, 2.05) is 11.3 Å². The lowest BCUT2D eigenvalue weighted by Crippen LogP contribution is -1.80. The van der Waals surface area contributed by atoms with Gasteiger partial charge in [0.15, 0.2) is 0 Å². The number of allylic oxidation sites excluding steroid dienone is 5. The number of benzene rings is 2. The predicted molar refractivity (Wildman–Crippen MR) is 105 cm³/mol. The van der Waals surface area contributed by atoms with Gasteiger partial charge in [-0.15, -0.1) is 11.3 Å². The third kappa shape index (κ3) is 3.05. The van der Waals surface area contributed by atoms with E-state index >= 15 is 0 Å². The van der Waals surface area contributed by atoms with E-state index in [2.05, 4.69) is 78.0 Å². The summed E-state index contributed by atoms with van der Waals surface area (Å²) in [6, 6.07) is 15.0. The quantitative estimate of drug-likeness (QED) is 0.407. The summed E-state index contributed by atoms with van der Waals surface area (Å²) in [5, 5.41) is 3.14. The number of hydrogen-bond donors (Lipinski definition) is 0. The molecule has 0 N–H and O–H groups in total. The smallest absolute Gasteiger partial charge is 0.0430 e. The Kier molecular flexibility index (Phi) is 4.53. The van der Waals surface area contributed by atoms with Crippen molar-refractivity contribution in [2.45, 2.75) is 6.92 Å². The Morgan fingerprint density at radius 1 is 1.09 bits per heavy atom. The molecule has 0 saturated heterocycles. The lowest BCUT2D eigenvalue weighted by atomic mass is 10.0. The van der Waals surface area contributed by atoms with Crippen molar-refractivity contribution >= 4 is 64.6 Å². The highest BCUT2D eigenvalue weighted by molar-refractivity contribution is 9.11. The van der Waals surface area contributed by atoms with Gasteiger partial charge in [0.2, 0.25) is 0 Å². The van der Waals surface area contributed by atoms with Gasteiger partial charge in [0.1, 0.15) is 0 Å². The molecule has 2 aromatic carbocycles. The van der Waals surface area contributed by atoms with E-state index in [-0.39, 0.29) is 0 Å². The summed E-state index contributed by atoms with van der Waals surface area (Å²) in [4.78, 5) is 0. The number of halogens is 2. The molecule has 1 heterocycles. The van der Waals surface area contributed by atoms with Gasteiger partial charge < -0.3 is 0 Å². The molecule has 1 aromatic heterocycles. The van der Waals surface area contributed by atoms with E-state index < -0.39 is 0 Å². The Labute approximate surface area is 147 Å². The van der Waals surface area contributed by atoms with Crippen molar-refractivity contribution < 1.29 is 0 Å². The lowest BCUT2D eigenvalue weighted by Gasteiger charge is -2.04. The summed E-state index contributed by atoms with van der Waals surface area (Å²) < 4.78 is 3.56. The maximum atomic E-state index is 5.82. The average molecular weight is 390 g/mol. The van der Waals surface area contributed by atoms with Crippen LogP contribution in [0.5, 0.6) is 0 Å². The molecule has 0 aliphatic carbocycles. The van der Waals surface area contributed by atoms with Crippen molar-refractivity contribution in [1.82, 2.24) is 0 Å². The molecule has 0 saturated carbocycles. The zero-order valence-electron chi connectivity index (χ0n) is 12.1. The Balaban J connectivity index is 2.19. The Hall–Kier alpha value is -1.35. The second-order valence-electron chi connectivity index (χ2n) is 5.08. The van der Waals surface area contributed by atoms with Crippen molar-refractivity contribution in [1.29, 1.82) is 0 Å². The van der Waals surface area contributed by atoms with Crippen LogP contribution in [0, 0.1) is 0 Å². The number of hydrogen-bond acceptors (Lipinski definition) is 1. The maximum absolute atomic E-state index is 5.82. The summed E-state index contributed by atoms with van der Waals surface area (Å²) in [5.74, 6) is 0. The van der Waals surface area contributed by atoms with Gasteiger partial charge in [-0.05, 0) is 36.3 Å². The van der Waals surface area contributed by atoms with Crippen LogP contribution in [0.4, 0.5) is 0 Å². The molecule has 110 valence electrons. The van der Waals surface area contributed by atoms with Crippen LogP contribution in [-0.2, 0) is 0 Å². The van der Waals surface area contributed by atoms with Crippen LogP contribution >= 0.6 is 38.9 Å². The summed E-state index contributed by atoms with van der Waals surface area (Å²) in [7, 11) is 0. The Morgan fingerprint density at radius 3 is 2.59 bits per heavy atom. The van der Waals surface area contributed by atoms with E-state index in [0.29, 0.717) is 5.03 Å². The molecule has 0 aliphatic rings. The van der Waals surface area contributed by atoms with Crippen molar-refractivity contribution in [3.05, 3.63) is 76.3 Å². The van der Waals surface area contributed by atoms with Gasteiger partial charge in [-0.25, -0.2) is 0 Å². The Bertz CT molecular complexity index is 931. The molecule has 0 radical (unpaired) electrons. The molecule has 0 atom stereocenters. The summed E-state index contributed by atoms with van der Waals surface area (Å²) >= 11 is 11.2. The van der Waals surface area contributed by atoms with Gasteiger partial charge in [0.05, 0.1) is 0 Å². The van der Waals surface area contributed by atoms with Crippen LogP contribution in [0.15, 0.2) is 70.7 Å². The summed E-state index contributed by atoms with van der Waals surface area (Å²) in [5.41, 5.74) is 2.45. The maximum Gasteiger partial charge on any atom is 0.0430 e. The zero-order valence-corrected chi connectivity index (χ0v) is 15.2. The Morgan fingerprint density at radius 2 is 1.82 bits per heavy atom. The first-order chi connectivity index (χ1) is 10.6. The highest BCUT2D eigenvalue weighted by Gasteiger charge is 2.09. The SMILES string of the molecule is C=C(Cl)/C=C(Br)\C=C(/C)c1cccc2c1sc1ccccc12. The molecular weight excluding hydrogens is 376 g/mol. The lowest BCUT2D eigenvalue weighted by molar-refractivity contribution is 1.64. The molecule has 0 amide bonds. The molecule has 3 rings (SSSR count). The van der Waals surface area contributed by atoms with Gasteiger partial charge in [0, 0.05) is 29.7 Å². The van der Waals surface area contributed by atoms with Gasteiger partial charge in [-0.1, -0.05) is 70.5 Å². The molecule has 0 unspecified atom stereocenters. The van der Waals surface area contributed by atoms with Crippen LogP contribution < -0.4 is 0 Å². The topological polar surface area (TPSA) is 0 Å².